The molecule has 0 heterocycles. The summed E-state index contributed by atoms with van der Waals surface area (Å²) in [4.78, 5) is 10.8. The van der Waals surface area contributed by atoms with Crippen LogP contribution >= 0.6 is 0 Å². The van der Waals surface area contributed by atoms with Crippen LogP contribution in [0.25, 0.3) is 0 Å². The van der Waals surface area contributed by atoms with Gasteiger partial charge >= 0.3 is 0 Å². The molecule has 0 aliphatic carbocycles. The molecule has 0 fully saturated rings. The third-order valence-electron chi connectivity index (χ3n) is 2.07. The lowest BCUT2D eigenvalue weighted by Gasteiger charge is -2.19. The Balaban J connectivity index is 3.64. The average molecular weight is 157 g/mol. The van der Waals surface area contributed by atoms with Gasteiger partial charge in [-0.15, -0.1) is 0 Å². The van der Waals surface area contributed by atoms with E-state index >= 15 is 0 Å². The average Bonchev–Trinajstić information content (AvgIpc) is 1.88. The molecular weight excluding hydrogens is 138 g/mol. The fourth-order valence-electron chi connectivity index (χ4n) is 0.940. The summed E-state index contributed by atoms with van der Waals surface area (Å²) >= 11 is 0. The van der Waals surface area contributed by atoms with Gasteiger partial charge in [-0.3, -0.25) is 4.79 Å². The smallest absolute Gasteiger partial charge is 0.223 e. The molecule has 1 amide bonds. The van der Waals surface area contributed by atoms with Crippen LogP contribution in [0.4, 0.5) is 0 Å². The molecule has 0 saturated carbocycles. The molecule has 0 bridgehead atoms. The summed E-state index contributed by atoms with van der Waals surface area (Å²) in [5, 5.41) is 0. The molecule has 2 N–H and O–H groups in total. The predicted molar refractivity (Wildman–Crippen MR) is 47.1 cm³/mol. The Kier molecular flexibility index (Phi) is 4.16. The van der Waals surface area contributed by atoms with Gasteiger partial charge in [-0.05, 0) is 6.42 Å². The number of hydrogen-bond acceptors (Lipinski definition) is 1. The van der Waals surface area contributed by atoms with Crippen molar-refractivity contribution in [1.82, 2.24) is 0 Å². The van der Waals surface area contributed by atoms with E-state index in [0.29, 0.717) is 0 Å². The Hall–Kier alpha value is -0.530. The Morgan fingerprint density at radius 2 is 1.91 bits per heavy atom. The topological polar surface area (TPSA) is 43.1 Å². The molecule has 0 atom stereocenters. The highest BCUT2D eigenvalue weighted by Gasteiger charge is 2.23. The van der Waals surface area contributed by atoms with Crippen molar-refractivity contribution < 1.29 is 4.79 Å². The SMILES string of the molecule is CCCCCC(C)(C)C(N)=O. The summed E-state index contributed by atoms with van der Waals surface area (Å²) in [5.74, 6) is -0.186. The zero-order valence-corrected chi connectivity index (χ0v) is 7.81. The molecule has 0 spiro atoms. The molecule has 0 aromatic rings. The van der Waals surface area contributed by atoms with Crippen molar-refractivity contribution in [2.75, 3.05) is 0 Å². The largest absolute Gasteiger partial charge is 0.369 e. The number of rotatable bonds is 5. The van der Waals surface area contributed by atoms with Crippen molar-refractivity contribution in [2.45, 2.75) is 46.5 Å². The summed E-state index contributed by atoms with van der Waals surface area (Å²) in [7, 11) is 0. The number of nitrogens with two attached hydrogens (primary N) is 1. The first kappa shape index (κ1) is 10.5. The summed E-state index contributed by atoms with van der Waals surface area (Å²) in [5.41, 5.74) is 4.90. The molecule has 0 aliphatic rings. The molecule has 2 nitrogen and oxygen atoms in total. The quantitative estimate of drug-likeness (QED) is 0.610. The first-order chi connectivity index (χ1) is 5.00. The summed E-state index contributed by atoms with van der Waals surface area (Å²) in [6.45, 7) is 5.97. The zero-order valence-electron chi connectivity index (χ0n) is 7.81. The second kappa shape index (κ2) is 4.37. The number of primary amides is 1. The van der Waals surface area contributed by atoms with Crippen molar-refractivity contribution in [3.63, 3.8) is 0 Å². The van der Waals surface area contributed by atoms with Gasteiger partial charge in [0.1, 0.15) is 0 Å². The van der Waals surface area contributed by atoms with Gasteiger partial charge in [0.2, 0.25) is 5.91 Å². The molecule has 0 aromatic heterocycles. The molecular formula is C9H19NO. The van der Waals surface area contributed by atoms with E-state index in [1.807, 2.05) is 13.8 Å². The van der Waals surface area contributed by atoms with E-state index in [-0.39, 0.29) is 11.3 Å². The van der Waals surface area contributed by atoms with E-state index in [1.165, 1.54) is 12.8 Å². The molecule has 0 radical (unpaired) electrons. The normalized spacial score (nSPS) is 11.5. The second-order valence-electron chi connectivity index (χ2n) is 3.71. The fraction of sp³-hybridized carbons (Fsp3) is 0.889. The van der Waals surface area contributed by atoms with Crippen molar-refractivity contribution in [2.24, 2.45) is 11.1 Å². The van der Waals surface area contributed by atoms with E-state index in [4.69, 9.17) is 5.73 Å². The highest BCUT2D eigenvalue weighted by molar-refractivity contribution is 5.79. The van der Waals surface area contributed by atoms with E-state index in [2.05, 4.69) is 6.92 Å². The molecule has 0 aromatic carbocycles. The molecule has 0 unspecified atom stereocenters. The number of hydrogen-bond donors (Lipinski definition) is 1. The van der Waals surface area contributed by atoms with E-state index in [1.54, 1.807) is 0 Å². The maximum atomic E-state index is 10.8. The van der Waals surface area contributed by atoms with Gasteiger partial charge in [0.15, 0.2) is 0 Å². The number of carbonyl (C=O) groups is 1. The van der Waals surface area contributed by atoms with Crippen LogP contribution in [0, 0.1) is 5.41 Å². The Labute approximate surface area is 69.2 Å². The Morgan fingerprint density at radius 3 is 2.27 bits per heavy atom. The number of carbonyl (C=O) groups excluding carboxylic acids is 1. The lowest BCUT2D eigenvalue weighted by molar-refractivity contribution is -0.126. The summed E-state index contributed by atoms with van der Waals surface area (Å²) in [6.07, 6.45) is 4.40. The maximum Gasteiger partial charge on any atom is 0.223 e. The highest BCUT2D eigenvalue weighted by atomic mass is 16.1. The zero-order chi connectivity index (χ0) is 8.91. The monoisotopic (exact) mass is 157 g/mol. The third kappa shape index (κ3) is 4.02. The standard InChI is InChI=1S/C9H19NO/c1-4-5-6-7-9(2,3)8(10)11/h4-7H2,1-3H3,(H2,10,11). The fourth-order valence-corrected chi connectivity index (χ4v) is 0.940. The van der Waals surface area contributed by atoms with Crippen LogP contribution in [-0.4, -0.2) is 5.91 Å². The van der Waals surface area contributed by atoms with Gasteiger partial charge in [0, 0.05) is 5.41 Å². The predicted octanol–water partition coefficient (Wildman–Crippen LogP) is 2.08. The van der Waals surface area contributed by atoms with Gasteiger partial charge in [0.25, 0.3) is 0 Å². The van der Waals surface area contributed by atoms with Crippen LogP contribution in [0.1, 0.15) is 46.5 Å². The third-order valence-corrected chi connectivity index (χ3v) is 2.07. The van der Waals surface area contributed by atoms with Gasteiger partial charge < -0.3 is 5.73 Å². The van der Waals surface area contributed by atoms with Crippen molar-refractivity contribution in [1.29, 1.82) is 0 Å². The van der Waals surface area contributed by atoms with E-state index in [9.17, 15) is 4.79 Å². The van der Waals surface area contributed by atoms with Crippen LogP contribution < -0.4 is 5.73 Å². The van der Waals surface area contributed by atoms with Crippen LogP contribution in [0.15, 0.2) is 0 Å². The summed E-state index contributed by atoms with van der Waals surface area (Å²) < 4.78 is 0. The molecule has 66 valence electrons. The van der Waals surface area contributed by atoms with Gasteiger partial charge in [-0.1, -0.05) is 40.0 Å². The first-order valence-electron chi connectivity index (χ1n) is 4.30. The van der Waals surface area contributed by atoms with Gasteiger partial charge in [0.05, 0.1) is 0 Å². The van der Waals surface area contributed by atoms with Crippen LogP contribution in [0.5, 0.6) is 0 Å². The lowest BCUT2D eigenvalue weighted by Crippen LogP contribution is -2.31. The van der Waals surface area contributed by atoms with Crippen molar-refractivity contribution in [3.8, 4) is 0 Å². The molecule has 0 rings (SSSR count). The van der Waals surface area contributed by atoms with Crippen molar-refractivity contribution in [3.05, 3.63) is 0 Å². The van der Waals surface area contributed by atoms with E-state index in [0.717, 1.165) is 12.8 Å². The molecule has 0 aliphatic heterocycles. The Bertz CT molecular complexity index is 130. The minimum atomic E-state index is -0.310. The maximum absolute atomic E-state index is 10.8. The Morgan fingerprint density at radius 1 is 1.36 bits per heavy atom. The minimum absolute atomic E-state index is 0.186. The second-order valence-corrected chi connectivity index (χ2v) is 3.71. The van der Waals surface area contributed by atoms with Crippen LogP contribution in [-0.2, 0) is 4.79 Å². The highest BCUT2D eigenvalue weighted by Crippen LogP contribution is 2.22. The number of unbranched alkanes of at least 4 members (excludes halogenated alkanes) is 2. The van der Waals surface area contributed by atoms with Crippen LogP contribution in [0.3, 0.4) is 0 Å². The summed E-state index contributed by atoms with van der Waals surface area (Å²) in [6, 6.07) is 0. The van der Waals surface area contributed by atoms with Crippen molar-refractivity contribution >= 4 is 5.91 Å². The molecule has 2 heteroatoms. The van der Waals surface area contributed by atoms with Gasteiger partial charge in [-0.25, -0.2) is 0 Å². The first-order valence-corrected chi connectivity index (χ1v) is 4.30. The molecule has 0 saturated heterocycles. The van der Waals surface area contributed by atoms with Gasteiger partial charge in [-0.2, -0.15) is 0 Å². The minimum Gasteiger partial charge on any atom is -0.369 e. The molecule has 11 heavy (non-hydrogen) atoms. The number of amides is 1. The lowest BCUT2D eigenvalue weighted by atomic mass is 9.86. The van der Waals surface area contributed by atoms with Crippen LogP contribution in [0.2, 0.25) is 0 Å². The van der Waals surface area contributed by atoms with E-state index < -0.39 is 0 Å².